The number of hydrogen-bond acceptors (Lipinski definition) is 4. The van der Waals surface area contributed by atoms with Crippen molar-refractivity contribution in [3.63, 3.8) is 0 Å². The Balaban J connectivity index is 1.83. The van der Waals surface area contributed by atoms with Crippen LogP contribution in [0.15, 0.2) is 30.3 Å². The van der Waals surface area contributed by atoms with Crippen molar-refractivity contribution in [3.8, 4) is 22.6 Å². The van der Waals surface area contributed by atoms with Crippen LogP contribution < -0.4 is 9.47 Å². The van der Waals surface area contributed by atoms with Crippen LogP contribution >= 0.6 is 0 Å². The van der Waals surface area contributed by atoms with Gasteiger partial charge in [-0.05, 0) is 66.8 Å². The van der Waals surface area contributed by atoms with Gasteiger partial charge in [0.05, 0.1) is 7.11 Å². The Kier molecular flexibility index (Phi) is 4.92. The summed E-state index contributed by atoms with van der Waals surface area (Å²) >= 11 is 0. The van der Waals surface area contributed by atoms with Crippen LogP contribution in [-0.4, -0.2) is 31.6 Å². The van der Waals surface area contributed by atoms with Gasteiger partial charge in [0.15, 0.2) is 0 Å². The summed E-state index contributed by atoms with van der Waals surface area (Å²) in [6.45, 7) is 3.13. The number of carbonyl (C=O) groups excluding carboxylic acids is 1. The molecule has 0 bridgehead atoms. The summed E-state index contributed by atoms with van der Waals surface area (Å²) in [4.78, 5) is 14.7. The van der Waals surface area contributed by atoms with Crippen molar-refractivity contribution in [1.29, 1.82) is 0 Å². The Morgan fingerprint density at radius 3 is 2.89 bits per heavy atom. The first kappa shape index (κ1) is 18.1. The van der Waals surface area contributed by atoms with Gasteiger partial charge >= 0.3 is 5.97 Å². The average Bonchev–Trinajstić information content (AvgIpc) is 2.68. The molecule has 1 aliphatic carbocycles. The molecule has 0 amide bonds. The number of hydrogen-bond donors (Lipinski definition) is 0. The largest absolute Gasteiger partial charge is 0.497 e. The summed E-state index contributed by atoms with van der Waals surface area (Å²) < 4.78 is 11.4. The summed E-state index contributed by atoms with van der Waals surface area (Å²) in [6.07, 6.45) is 4.26. The fourth-order valence-corrected chi connectivity index (χ4v) is 4.38. The molecule has 4 nitrogen and oxygen atoms in total. The van der Waals surface area contributed by atoms with E-state index in [1.54, 1.807) is 7.11 Å². The highest BCUT2D eigenvalue weighted by atomic mass is 16.5. The molecule has 27 heavy (non-hydrogen) atoms. The van der Waals surface area contributed by atoms with Crippen molar-refractivity contribution >= 4 is 5.97 Å². The van der Waals surface area contributed by atoms with Crippen molar-refractivity contribution in [2.45, 2.75) is 45.1 Å². The number of fused-ring (bicyclic) bond motifs is 2. The molecule has 0 N–H and O–H groups in total. The van der Waals surface area contributed by atoms with Gasteiger partial charge in [0.1, 0.15) is 11.5 Å². The van der Waals surface area contributed by atoms with Gasteiger partial charge in [0, 0.05) is 24.6 Å². The van der Waals surface area contributed by atoms with Crippen LogP contribution in [0.1, 0.15) is 48.9 Å². The van der Waals surface area contributed by atoms with Crippen molar-refractivity contribution in [1.82, 2.24) is 4.90 Å². The van der Waals surface area contributed by atoms with Crippen LogP contribution in [0.3, 0.4) is 0 Å². The molecule has 0 fully saturated rings. The maximum atomic E-state index is 12.3. The zero-order valence-corrected chi connectivity index (χ0v) is 16.4. The minimum atomic E-state index is -0.152. The molecule has 0 aromatic heterocycles. The van der Waals surface area contributed by atoms with Gasteiger partial charge < -0.3 is 9.47 Å². The first-order valence-corrected chi connectivity index (χ1v) is 9.86. The molecular weight excluding hydrogens is 338 g/mol. The van der Waals surface area contributed by atoms with Crippen molar-refractivity contribution < 1.29 is 14.3 Å². The molecule has 142 valence electrons. The van der Waals surface area contributed by atoms with E-state index < -0.39 is 0 Å². The molecule has 0 saturated heterocycles. The van der Waals surface area contributed by atoms with Gasteiger partial charge in [-0.15, -0.1) is 0 Å². The predicted octanol–water partition coefficient (Wildman–Crippen LogP) is 4.54. The number of unbranched alkanes of at least 4 members (excludes halogenated alkanes) is 1. The topological polar surface area (TPSA) is 38.8 Å². The van der Waals surface area contributed by atoms with Crippen molar-refractivity contribution in [2.75, 3.05) is 20.7 Å². The van der Waals surface area contributed by atoms with Crippen molar-refractivity contribution in [2.24, 2.45) is 0 Å². The lowest BCUT2D eigenvalue weighted by Gasteiger charge is -2.40. The molecule has 1 aliphatic heterocycles. The SMILES string of the molecule is CCCCC(=O)Oc1cccc2c1-c1cc(OC)cc3c1C(C2)N(C)CC3. The van der Waals surface area contributed by atoms with E-state index in [0.29, 0.717) is 18.2 Å². The maximum absolute atomic E-state index is 12.3. The summed E-state index contributed by atoms with van der Waals surface area (Å²) in [5.41, 5.74) is 6.17. The normalized spacial score (nSPS) is 17.8. The lowest BCUT2D eigenvalue weighted by atomic mass is 9.77. The highest BCUT2D eigenvalue weighted by Gasteiger charge is 2.34. The molecule has 4 rings (SSSR count). The second-order valence-electron chi connectivity index (χ2n) is 7.57. The lowest BCUT2D eigenvalue weighted by molar-refractivity contribution is -0.134. The Morgan fingerprint density at radius 1 is 1.26 bits per heavy atom. The van der Waals surface area contributed by atoms with Crippen LogP contribution in [0.25, 0.3) is 11.1 Å². The molecule has 1 heterocycles. The fraction of sp³-hybridized carbons (Fsp3) is 0.435. The number of esters is 1. The fourth-order valence-electron chi connectivity index (χ4n) is 4.38. The first-order chi connectivity index (χ1) is 13.1. The van der Waals surface area contributed by atoms with E-state index in [9.17, 15) is 4.79 Å². The minimum absolute atomic E-state index is 0.152. The number of carbonyl (C=O) groups is 1. The van der Waals surface area contributed by atoms with Gasteiger partial charge in [0.2, 0.25) is 0 Å². The van der Waals surface area contributed by atoms with E-state index in [0.717, 1.165) is 49.1 Å². The highest BCUT2D eigenvalue weighted by molar-refractivity contribution is 5.84. The minimum Gasteiger partial charge on any atom is -0.497 e. The van der Waals surface area contributed by atoms with E-state index in [1.807, 2.05) is 12.1 Å². The van der Waals surface area contributed by atoms with Crippen LogP contribution in [-0.2, 0) is 17.6 Å². The molecule has 0 radical (unpaired) electrons. The Bertz CT molecular complexity index is 874. The molecule has 2 aromatic carbocycles. The quantitative estimate of drug-likeness (QED) is 0.576. The second-order valence-corrected chi connectivity index (χ2v) is 7.57. The van der Waals surface area contributed by atoms with Gasteiger partial charge in [-0.1, -0.05) is 25.5 Å². The molecular formula is C23H27NO3. The lowest BCUT2D eigenvalue weighted by Crippen LogP contribution is -2.35. The third-order valence-electron chi connectivity index (χ3n) is 5.83. The molecule has 2 aliphatic rings. The van der Waals surface area contributed by atoms with E-state index in [-0.39, 0.29) is 5.97 Å². The van der Waals surface area contributed by atoms with Crippen LogP contribution in [0.5, 0.6) is 11.5 Å². The second kappa shape index (κ2) is 7.35. The summed E-state index contributed by atoms with van der Waals surface area (Å²) in [6, 6.07) is 10.7. The first-order valence-electron chi connectivity index (χ1n) is 9.86. The predicted molar refractivity (Wildman–Crippen MR) is 106 cm³/mol. The Hall–Kier alpha value is -2.33. The third kappa shape index (κ3) is 3.23. The van der Waals surface area contributed by atoms with Crippen molar-refractivity contribution in [3.05, 3.63) is 47.0 Å². The average molecular weight is 365 g/mol. The molecule has 1 atom stereocenters. The van der Waals surface area contributed by atoms with Crippen LogP contribution in [0, 0.1) is 0 Å². The number of nitrogens with zero attached hydrogens (tertiary/aromatic N) is 1. The number of rotatable bonds is 5. The van der Waals surface area contributed by atoms with Gasteiger partial charge in [0.25, 0.3) is 0 Å². The van der Waals surface area contributed by atoms with Gasteiger partial charge in [-0.3, -0.25) is 9.69 Å². The maximum Gasteiger partial charge on any atom is 0.311 e. The molecule has 4 heteroatoms. The number of methoxy groups -OCH3 is 1. The molecule has 1 unspecified atom stereocenters. The Labute approximate surface area is 161 Å². The van der Waals surface area contributed by atoms with E-state index in [1.165, 1.54) is 16.7 Å². The standard InChI is InChI=1S/C23H27NO3/c1-4-5-9-21(25)27-20-8-6-7-15-13-19-22-16(10-11-24(19)2)12-17(26-3)14-18(22)23(15)20/h6-8,12,14,19H,4-5,9-11,13H2,1-3H3. The summed E-state index contributed by atoms with van der Waals surface area (Å²) in [5.74, 6) is 1.39. The van der Waals surface area contributed by atoms with E-state index >= 15 is 0 Å². The monoisotopic (exact) mass is 365 g/mol. The van der Waals surface area contributed by atoms with E-state index in [4.69, 9.17) is 9.47 Å². The zero-order valence-electron chi connectivity index (χ0n) is 16.4. The molecule has 0 saturated carbocycles. The summed E-state index contributed by atoms with van der Waals surface area (Å²) in [5, 5.41) is 0. The number of likely N-dealkylation sites (N-methyl/N-ethyl adjacent to an activating group) is 1. The smallest absolute Gasteiger partial charge is 0.311 e. The Morgan fingerprint density at radius 2 is 2.11 bits per heavy atom. The molecule has 0 spiro atoms. The molecule has 2 aromatic rings. The van der Waals surface area contributed by atoms with Crippen LogP contribution in [0.2, 0.25) is 0 Å². The zero-order chi connectivity index (χ0) is 19.0. The van der Waals surface area contributed by atoms with Gasteiger partial charge in [-0.25, -0.2) is 0 Å². The number of benzene rings is 2. The van der Waals surface area contributed by atoms with Crippen LogP contribution in [0.4, 0.5) is 0 Å². The summed E-state index contributed by atoms with van der Waals surface area (Å²) in [7, 11) is 3.91. The van der Waals surface area contributed by atoms with E-state index in [2.05, 4.69) is 37.1 Å². The highest BCUT2D eigenvalue weighted by Crippen LogP contribution is 2.49. The van der Waals surface area contributed by atoms with Gasteiger partial charge in [-0.2, -0.15) is 0 Å². The third-order valence-corrected chi connectivity index (χ3v) is 5.83. The number of ether oxygens (including phenoxy) is 2.